The number of aliphatic hydroxyl groups is 1. The van der Waals surface area contributed by atoms with Crippen LogP contribution in [0.25, 0.3) is 0 Å². The SMILES string of the molecule is Cc1ncsc1Cn1ccc2c1CCCC2O. The van der Waals surface area contributed by atoms with Crippen molar-refractivity contribution in [3.8, 4) is 0 Å². The highest BCUT2D eigenvalue weighted by Gasteiger charge is 2.21. The average Bonchev–Trinajstić information content (AvgIpc) is 2.89. The maximum atomic E-state index is 9.93. The Kier molecular flexibility index (Phi) is 2.76. The summed E-state index contributed by atoms with van der Waals surface area (Å²) in [5.41, 5.74) is 5.44. The first-order valence-electron chi connectivity index (χ1n) is 6.00. The minimum Gasteiger partial charge on any atom is -0.388 e. The van der Waals surface area contributed by atoms with E-state index in [4.69, 9.17) is 0 Å². The van der Waals surface area contributed by atoms with Crippen molar-refractivity contribution in [2.45, 2.75) is 38.8 Å². The molecule has 3 rings (SSSR count). The summed E-state index contributed by atoms with van der Waals surface area (Å²) in [7, 11) is 0. The number of aryl methyl sites for hydroxylation is 1. The molecule has 0 spiro atoms. The van der Waals surface area contributed by atoms with Crippen LogP contribution in [0.1, 0.15) is 40.8 Å². The van der Waals surface area contributed by atoms with E-state index < -0.39 is 0 Å². The number of aliphatic hydroxyl groups excluding tert-OH is 1. The van der Waals surface area contributed by atoms with Crippen molar-refractivity contribution < 1.29 is 5.11 Å². The second-order valence-electron chi connectivity index (χ2n) is 4.61. The molecule has 1 aliphatic carbocycles. The Morgan fingerprint density at radius 1 is 1.59 bits per heavy atom. The molecule has 0 bridgehead atoms. The summed E-state index contributed by atoms with van der Waals surface area (Å²) in [6, 6.07) is 2.07. The van der Waals surface area contributed by atoms with Gasteiger partial charge in [-0.15, -0.1) is 11.3 Å². The molecule has 3 nitrogen and oxygen atoms in total. The van der Waals surface area contributed by atoms with E-state index in [9.17, 15) is 5.11 Å². The van der Waals surface area contributed by atoms with Gasteiger partial charge in [0.05, 0.1) is 23.9 Å². The summed E-state index contributed by atoms with van der Waals surface area (Å²) in [5.74, 6) is 0. The monoisotopic (exact) mass is 248 g/mol. The van der Waals surface area contributed by atoms with E-state index >= 15 is 0 Å². The molecule has 1 unspecified atom stereocenters. The smallest absolute Gasteiger partial charge is 0.0807 e. The first-order chi connectivity index (χ1) is 8.25. The molecule has 2 aromatic heterocycles. The molecule has 90 valence electrons. The minimum absolute atomic E-state index is 0.262. The van der Waals surface area contributed by atoms with E-state index in [1.165, 1.54) is 10.6 Å². The zero-order chi connectivity index (χ0) is 11.8. The maximum Gasteiger partial charge on any atom is 0.0807 e. The number of hydrogen-bond acceptors (Lipinski definition) is 3. The lowest BCUT2D eigenvalue weighted by molar-refractivity contribution is 0.156. The Hall–Kier alpha value is -1.13. The van der Waals surface area contributed by atoms with E-state index in [1.807, 2.05) is 5.51 Å². The van der Waals surface area contributed by atoms with Gasteiger partial charge in [0, 0.05) is 22.3 Å². The van der Waals surface area contributed by atoms with Gasteiger partial charge in [0.15, 0.2) is 0 Å². The molecule has 0 aliphatic heterocycles. The van der Waals surface area contributed by atoms with Crippen LogP contribution in [0, 0.1) is 6.92 Å². The van der Waals surface area contributed by atoms with Crippen LogP contribution in [0.15, 0.2) is 17.8 Å². The third-order valence-corrected chi connectivity index (χ3v) is 4.44. The standard InChI is InChI=1S/C13H16N2OS/c1-9-13(17-8-14-9)7-15-6-5-10-11(15)3-2-4-12(10)16/h5-6,8,12,16H,2-4,7H2,1H3. The zero-order valence-electron chi connectivity index (χ0n) is 9.89. The molecular weight excluding hydrogens is 232 g/mol. The molecule has 2 heterocycles. The van der Waals surface area contributed by atoms with Gasteiger partial charge in [0.2, 0.25) is 0 Å². The summed E-state index contributed by atoms with van der Waals surface area (Å²) >= 11 is 1.70. The molecule has 0 aromatic carbocycles. The Labute approximate surface area is 105 Å². The number of hydrogen-bond donors (Lipinski definition) is 1. The second kappa shape index (κ2) is 4.27. The molecule has 1 atom stereocenters. The molecule has 4 heteroatoms. The van der Waals surface area contributed by atoms with Crippen LogP contribution in [0.4, 0.5) is 0 Å². The molecule has 0 saturated heterocycles. The molecule has 17 heavy (non-hydrogen) atoms. The van der Waals surface area contributed by atoms with E-state index in [-0.39, 0.29) is 6.10 Å². The van der Waals surface area contributed by atoms with Crippen LogP contribution >= 0.6 is 11.3 Å². The molecule has 0 saturated carbocycles. The molecular formula is C13H16N2OS. The van der Waals surface area contributed by atoms with E-state index in [0.717, 1.165) is 37.1 Å². The Morgan fingerprint density at radius 2 is 2.47 bits per heavy atom. The highest BCUT2D eigenvalue weighted by Crippen LogP contribution is 2.31. The van der Waals surface area contributed by atoms with Crippen LogP contribution in [-0.4, -0.2) is 14.7 Å². The van der Waals surface area contributed by atoms with Crippen molar-refractivity contribution in [2.75, 3.05) is 0 Å². The highest BCUT2D eigenvalue weighted by atomic mass is 32.1. The van der Waals surface area contributed by atoms with Crippen LogP contribution in [0.3, 0.4) is 0 Å². The van der Waals surface area contributed by atoms with E-state index in [1.54, 1.807) is 11.3 Å². The van der Waals surface area contributed by atoms with E-state index in [0.29, 0.717) is 0 Å². The number of nitrogens with zero attached hydrogens (tertiary/aromatic N) is 2. The van der Waals surface area contributed by atoms with Crippen molar-refractivity contribution in [3.05, 3.63) is 39.6 Å². The van der Waals surface area contributed by atoms with Crippen molar-refractivity contribution in [1.82, 2.24) is 9.55 Å². The van der Waals surface area contributed by atoms with Gasteiger partial charge < -0.3 is 9.67 Å². The summed E-state index contributed by atoms with van der Waals surface area (Å²) in [5, 5.41) is 9.93. The van der Waals surface area contributed by atoms with Crippen LogP contribution < -0.4 is 0 Å². The third kappa shape index (κ3) is 1.91. The second-order valence-corrected chi connectivity index (χ2v) is 5.55. The lowest BCUT2D eigenvalue weighted by Gasteiger charge is -2.20. The summed E-state index contributed by atoms with van der Waals surface area (Å²) in [6.07, 6.45) is 4.90. The quantitative estimate of drug-likeness (QED) is 0.887. The molecule has 0 radical (unpaired) electrons. The summed E-state index contributed by atoms with van der Waals surface area (Å²) < 4.78 is 2.26. The fourth-order valence-electron chi connectivity index (χ4n) is 2.51. The van der Waals surface area contributed by atoms with Crippen molar-refractivity contribution >= 4 is 11.3 Å². The number of fused-ring (bicyclic) bond motifs is 1. The first kappa shape index (κ1) is 11.0. The van der Waals surface area contributed by atoms with Gasteiger partial charge in [0.25, 0.3) is 0 Å². The lowest BCUT2D eigenvalue weighted by Crippen LogP contribution is -2.12. The van der Waals surface area contributed by atoms with Gasteiger partial charge in [-0.1, -0.05) is 0 Å². The average molecular weight is 248 g/mol. The molecule has 1 aliphatic rings. The molecule has 1 N–H and O–H groups in total. The first-order valence-corrected chi connectivity index (χ1v) is 6.88. The van der Waals surface area contributed by atoms with Gasteiger partial charge in [-0.05, 0) is 32.3 Å². The lowest BCUT2D eigenvalue weighted by atomic mass is 9.95. The Balaban J connectivity index is 1.92. The maximum absolute atomic E-state index is 9.93. The van der Waals surface area contributed by atoms with Gasteiger partial charge in [-0.25, -0.2) is 4.98 Å². The predicted molar refractivity (Wildman–Crippen MR) is 68.3 cm³/mol. The fourth-order valence-corrected chi connectivity index (χ4v) is 3.29. The third-order valence-electron chi connectivity index (χ3n) is 3.52. The summed E-state index contributed by atoms with van der Waals surface area (Å²) in [6.45, 7) is 2.94. The number of rotatable bonds is 2. The largest absolute Gasteiger partial charge is 0.388 e. The predicted octanol–water partition coefficient (Wildman–Crippen LogP) is 2.67. The van der Waals surface area contributed by atoms with Gasteiger partial charge >= 0.3 is 0 Å². The Bertz CT molecular complexity index is 529. The van der Waals surface area contributed by atoms with Crippen LogP contribution in [-0.2, 0) is 13.0 Å². The number of thiazole rings is 1. The topological polar surface area (TPSA) is 38.0 Å². The summed E-state index contributed by atoms with van der Waals surface area (Å²) in [4.78, 5) is 5.59. The van der Waals surface area contributed by atoms with Crippen molar-refractivity contribution in [1.29, 1.82) is 0 Å². The minimum atomic E-state index is -0.262. The van der Waals surface area contributed by atoms with Gasteiger partial charge in [-0.2, -0.15) is 0 Å². The Morgan fingerprint density at radius 3 is 3.24 bits per heavy atom. The molecule has 0 fully saturated rings. The number of aromatic nitrogens is 2. The zero-order valence-corrected chi connectivity index (χ0v) is 10.7. The molecule has 0 amide bonds. The normalized spacial score (nSPS) is 19.3. The highest BCUT2D eigenvalue weighted by molar-refractivity contribution is 7.09. The van der Waals surface area contributed by atoms with Crippen molar-refractivity contribution in [2.24, 2.45) is 0 Å². The van der Waals surface area contributed by atoms with Gasteiger partial charge in [-0.3, -0.25) is 0 Å². The van der Waals surface area contributed by atoms with Gasteiger partial charge in [0.1, 0.15) is 0 Å². The fraction of sp³-hybridized carbons (Fsp3) is 0.462. The molecule has 2 aromatic rings. The van der Waals surface area contributed by atoms with Crippen molar-refractivity contribution in [3.63, 3.8) is 0 Å². The van der Waals surface area contributed by atoms with Crippen LogP contribution in [0.2, 0.25) is 0 Å². The van der Waals surface area contributed by atoms with Crippen LogP contribution in [0.5, 0.6) is 0 Å². The van der Waals surface area contributed by atoms with E-state index in [2.05, 4.69) is 28.7 Å².